The van der Waals surface area contributed by atoms with E-state index in [1.54, 1.807) is 20.3 Å². The van der Waals surface area contributed by atoms with Gasteiger partial charge in [-0.1, -0.05) is 11.6 Å². The summed E-state index contributed by atoms with van der Waals surface area (Å²) in [6.45, 7) is 0.118. The second-order valence-corrected chi connectivity index (χ2v) is 4.02. The van der Waals surface area contributed by atoms with E-state index in [1.807, 2.05) is 0 Å². The summed E-state index contributed by atoms with van der Waals surface area (Å²) in [5.74, 6) is 0.260. The van der Waals surface area contributed by atoms with Crippen molar-refractivity contribution in [3.8, 4) is 0 Å². The van der Waals surface area contributed by atoms with Crippen LogP contribution < -0.4 is 0 Å². The second kappa shape index (κ2) is 5.92. The van der Waals surface area contributed by atoms with Gasteiger partial charge < -0.3 is 9.64 Å². The molecule has 0 aliphatic carbocycles. The van der Waals surface area contributed by atoms with Crippen LogP contribution in [-0.4, -0.2) is 30.1 Å². The molecule has 0 saturated carbocycles. The van der Waals surface area contributed by atoms with E-state index in [2.05, 4.69) is 4.98 Å². The largest absolute Gasteiger partial charge is 0.444 e. The maximum absolute atomic E-state index is 11.2. The fourth-order valence-corrected chi connectivity index (χ4v) is 1.67. The standard InChI is InChI=1S/C10H12Cl2N2O2/c1-14(2)10(15)16-6-7-4-13-5-9(12)8(7)3-11/h4-5H,3,6H2,1-2H3. The zero-order valence-electron chi connectivity index (χ0n) is 9.04. The topological polar surface area (TPSA) is 42.4 Å². The van der Waals surface area contributed by atoms with Gasteiger partial charge in [0.15, 0.2) is 0 Å². The van der Waals surface area contributed by atoms with Crippen molar-refractivity contribution >= 4 is 29.3 Å². The number of rotatable bonds is 3. The summed E-state index contributed by atoms with van der Waals surface area (Å²) < 4.78 is 5.02. The number of hydrogen-bond donors (Lipinski definition) is 0. The normalized spacial score (nSPS) is 10.0. The second-order valence-electron chi connectivity index (χ2n) is 3.34. The van der Waals surface area contributed by atoms with Gasteiger partial charge in [-0.05, 0) is 5.56 Å². The summed E-state index contributed by atoms with van der Waals surface area (Å²) >= 11 is 11.7. The van der Waals surface area contributed by atoms with Crippen molar-refractivity contribution < 1.29 is 9.53 Å². The lowest BCUT2D eigenvalue weighted by Crippen LogP contribution is -2.22. The fraction of sp³-hybridized carbons (Fsp3) is 0.400. The molecule has 0 spiro atoms. The highest BCUT2D eigenvalue weighted by Crippen LogP contribution is 2.21. The van der Waals surface area contributed by atoms with E-state index in [-0.39, 0.29) is 12.5 Å². The molecule has 0 N–H and O–H groups in total. The van der Waals surface area contributed by atoms with Gasteiger partial charge in [0, 0.05) is 37.9 Å². The van der Waals surface area contributed by atoms with Crippen molar-refractivity contribution in [3.63, 3.8) is 0 Å². The van der Waals surface area contributed by atoms with Crippen LogP contribution in [0.5, 0.6) is 0 Å². The van der Waals surface area contributed by atoms with Crippen molar-refractivity contribution in [3.05, 3.63) is 28.5 Å². The lowest BCUT2D eigenvalue weighted by molar-refractivity contribution is 0.112. The first-order valence-electron chi connectivity index (χ1n) is 4.57. The highest BCUT2D eigenvalue weighted by Gasteiger charge is 2.10. The monoisotopic (exact) mass is 262 g/mol. The van der Waals surface area contributed by atoms with Gasteiger partial charge in [0.1, 0.15) is 6.61 Å². The van der Waals surface area contributed by atoms with Crippen molar-refractivity contribution in [2.24, 2.45) is 0 Å². The van der Waals surface area contributed by atoms with Crippen LogP contribution in [0.4, 0.5) is 4.79 Å². The average molecular weight is 263 g/mol. The smallest absolute Gasteiger partial charge is 0.409 e. The third kappa shape index (κ3) is 3.25. The third-order valence-electron chi connectivity index (χ3n) is 1.94. The van der Waals surface area contributed by atoms with Gasteiger partial charge in [0.25, 0.3) is 0 Å². The number of halogens is 2. The first-order chi connectivity index (χ1) is 7.56. The first-order valence-corrected chi connectivity index (χ1v) is 5.48. The Morgan fingerprint density at radius 1 is 1.50 bits per heavy atom. The predicted octanol–water partition coefficient (Wildman–Crippen LogP) is 2.67. The molecule has 1 aromatic heterocycles. The zero-order chi connectivity index (χ0) is 12.1. The third-order valence-corrected chi connectivity index (χ3v) is 2.54. The van der Waals surface area contributed by atoms with E-state index in [0.717, 1.165) is 11.1 Å². The minimum absolute atomic E-state index is 0.118. The summed E-state index contributed by atoms with van der Waals surface area (Å²) in [6, 6.07) is 0. The summed E-state index contributed by atoms with van der Waals surface area (Å²) in [7, 11) is 3.22. The predicted molar refractivity (Wildman–Crippen MR) is 62.7 cm³/mol. The highest BCUT2D eigenvalue weighted by molar-refractivity contribution is 6.32. The summed E-state index contributed by atoms with van der Waals surface area (Å²) in [5.41, 5.74) is 1.46. The van der Waals surface area contributed by atoms with Gasteiger partial charge in [-0.2, -0.15) is 0 Å². The molecule has 0 radical (unpaired) electrons. The van der Waals surface area contributed by atoms with Crippen molar-refractivity contribution in [1.29, 1.82) is 0 Å². The molecule has 1 rings (SSSR count). The Morgan fingerprint density at radius 2 is 2.19 bits per heavy atom. The number of amides is 1. The van der Waals surface area contributed by atoms with E-state index in [1.165, 1.54) is 11.1 Å². The molecule has 0 aliphatic rings. The van der Waals surface area contributed by atoms with Crippen LogP contribution in [0.2, 0.25) is 5.02 Å². The molecule has 6 heteroatoms. The Labute approximate surface area is 104 Å². The van der Waals surface area contributed by atoms with E-state index in [9.17, 15) is 4.79 Å². The Kier molecular flexibility index (Phi) is 4.83. The van der Waals surface area contributed by atoms with Crippen LogP contribution in [0.25, 0.3) is 0 Å². The van der Waals surface area contributed by atoms with E-state index >= 15 is 0 Å². The molecule has 0 saturated heterocycles. The lowest BCUT2D eigenvalue weighted by Gasteiger charge is -2.12. The molecule has 0 aliphatic heterocycles. The Morgan fingerprint density at radius 3 is 2.75 bits per heavy atom. The fourth-order valence-electron chi connectivity index (χ4n) is 1.04. The molecule has 0 aromatic carbocycles. The number of carbonyl (C=O) groups excluding carboxylic acids is 1. The van der Waals surface area contributed by atoms with E-state index in [0.29, 0.717) is 5.02 Å². The molecule has 1 heterocycles. The zero-order valence-corrected chi connectivity index (χ0v) is 10.5. The number of pyridine rings is 1. The minimum Gasteiger partial charge on any atom is -0.444 e. The SMILES string of the molecule is CN(C)C(=O)OCc1cncc(Cl)c1CCl. The number of alkyl halides is 1. The van der Waals surface area contributed by atoms with Crippen LogP contribution >= 0.6 is 23.2 Å². The molecular weight excluding hydrogens is 251 g/mol. The summed E-state index contributed by atoms with van der Waals surface area (Å²) in [5, 5.41) is 0.480. The molecule has 0 atom stereocenters. The van der Waals surface area contributed by atoms with E-state index in [4.69, 9.17) is 27.9 Å². The van der Waals surface area contributed by atoms with E-state index < -0.39 is 6.09 Å². The van der Waals surface area contributed by atoms with Gasteiger partial charge in [-0.15, -0.1) is 11.6 Å². The van der Waals surface area contributed by atoms with Gasteiger partial charge in [0.2, 0.25) is 0 Å². The number of hydrogen-bond acceptors (Lipinski definition) is 3. The molecular formula is C10H12Cl2N2O2. The molecule has 1 aromatic rings. The van der Waals surface area contributed by atoms with Crippen LogP contribution in [0.15, 0.2) is 12.4 Å². The minimum atomic E-state index is -0.416. The molecule has 88 valence electrons. The van der Waals surface area contributed by atoms with Gasteiger partial charge >= 0.3 is 6.09 Å². The maximum atomic E-state index is 11.2. The maximum Gasteiger partial charge on any atom is 0.409 e. The first kappa shape index (κ1) is 13.1. The number of aromatic nitrogens is 1. The highest BCUT2D eigenvalue weighted by atomic mass is 35.5. The van der Waals surface area contributed by atoms with Crippen molar-refractivity contribution in [1.82, 2.24) is 9.88 Å². The molecule has 0 fully saturated rings. The Balaban J connectivity index is 2.74. The number of nitrogens with zero attached hydrogens (tertiary/aromatic N) is 2. The van der Waals surface area contributed by atoms with Crippen LogP contribution in [-0.2, 0) is 17.2 Å². The number of ether oxygens (including phenoxy) is 1. The average Bonchev–Trinajstić information content (AvgIpc) is 2.25. The molecule has 1 amide bonds. The van der Waals surface area contributed by atoms with Crippen molar-refractivity contribution in [2.75, 3.05) is 14.1 Å². The Bertz CT molecular complexity index is 383. The van der Waals surface area contributed by atoms with Crippen molar-refractivity contribution in [2.45, 2.75) is 12.5 Å². The quantitative estimate of drug-likeness (QED) is 0.787. The van der Waals surface area contributed by atoms with Gasteiger partial charge in [-0.25, -0.2) is 4.79 Å². The molecule has 0 unspecified atom stereocenters. The molecule has 4 nitrogen and oxygen atoms in total. The van der Waals surface area contributed by atoms with Gasteiger partial charge in [0.05, 0.1) is 5.02 Å². The summed E-state index contributed by atoms with van der Waals surface area (Å²) in [4.78, 5) is 16.5. The Hall–Kier alpha value is -1.000. The lowest BCUT2D eigenvalue weighted by atomic mass is 10.2. The van der Waals surface area contributed by atoms with Gasteiger partial charge in [-0.3, -0.25) is 4.98 Å². The summed E-state index contributed by atoms with van der Waals surface area (Å²) in [6.07, 6.45) is 2.68. The number of carbonyl (C=O) groups is 1. The van der Waals surface area contributed by atoms with Crippen LogP contribution in [0.1, 0.15) is 11.1 Å². The molecule has 16 heavy (non-hydrogen) atoms. The van der Waals surface area contributed by atoms with Crippen LogP contribution in [0.3, 0.4) is 0 Å². The molecule has 0 bridgehead atoms. The van der Waals surface area contributed by atoms with Crippen LogP contribution in [0, 0.1) is 0 Å².